The van der Waals surface area contributed by atoms with E-state index < -0.39 is 10.0 Å². The second-order valence-corrected chi connectivity index (χ2v) is 7.97. The van der Waals surface area contributed by atoms with Crippen LogP contribution in [0.5, 0.6) is 0 Å². The van der Waals surface area contributed by atoms with E-state index in [0.29, 0.717) is 25.4 Å². The van der Waals surface area contributed by atoms with Crippen molar-refractivity contribution in [2.75, 3.05) is 26.7 Å². The van der Waals surface area contributed by atoms with Crippen molar-refractivity contribution in [3.05, 3.63) is 29.8 Å². The number of rotatable bonds is 8. The maximum Gasteiger partial charge on any atom is 0.240 e. The molecule has 6 nitrogen and oxygen atoms in total. The summed E-state index contributed by atoms with van der Waals surface area (Å²) >= 11 is 0. The standard InChI is InChI=1S/C17H27N3O3S/c1-3-20-12-4-5-15(20)13-19-17(21)11-8-14-6-9-16(10-7-14)24(22,23)18-2/h6-7,9-10,15,18H,3-5,8,11-13H2,1-2H3,(H,19,21). The number of carbonyl (C=O) groups is 1. The van der Waals surface area contributed by atoms with Crippen LogP contribution in [0, 0.1) is 0 Å². The zero-order chi connectivity index (χ0) is 17.6. The lowest BCUT2D eigenvalue weighted by Gasteiger charge is -2.22. The lowest BCUT2D eigenvalue weighted by atomic mass is 10.1. The SMILES string of the molecule is CCN1CCCC1CNC(=O)CCc1ccc(S(=O)(=O)NC)cc1. The van der Waals surface area contributed by atoms with Gasteiger partial charge in [-0.05, 0) is 57.1 Å². The maximum absolute atomic E-state index is 12.0. The molecule has 0 aliphatic carbocycles. The van der Waals surface area contributed by atoms with Crippen LogP contribution in [0.25, 0.3) is 0 Å². The Labute approximate surface area is 144 Å². The first kappa shape index (κ1) is 18.9. The number of nitrogens with zero attached hydrogens (tertiary/aromatic N) is 1. The van der Waals surface area contributed by atoms with E-state index in [9.17, 15) is 13.2 Å². The summed E-state index contributed by atoms with van der Waals surface area (Å²) in [5, 5.41) is 3.02. The first-order valence-electron chi connectivity index (χ1n) is 8.49. The van der Waals surface area contributed by atoms with Gasteiger partial charge in [0.2, 0.25) is 15.9 Å². The van der Waals surface area contributed by atoms with E-state index in [2.05, 4.69) is 21.9 Å². The molecule has 0 aromatic heterocycles. The number of aryl methyl sites for hydroxylation is 1. The van der Waals surface area contributed by atoms with Crippen LogP contribution in [0.1, 0.15) is 31.7 Å². The minimum Gasteiger partial charge on any atom is -0.355 e. The predicted molar refractivity (Wildman–Crippen MR) is 94.3 cm³/mol. The number of benzene rings is 1. The van der Waals surface area contributed by atoms with Gasteiger partial charge in [0, 0.05) is 19.0 Å². The van der Waals surface area contributed by atoms with Crippen LogP contribution in [0.2, 0.25) is 0 Å². The number of hydrogen-bond donors (Lipinski definition) is 2. The molecule has 1 amide bonds. The molecule has 0 saturated carbocycles. The van der Waals surface area contributed by atoms with Crippen molar-refractivity contribution >= 4 is 15.9 Å². The molecule has 1 heterocycles. The maximum atomic E-state index is 12.0. The van der Waals surface area contributed by atoms with Crippen LogP contribution in [0.4, 0.5) is 0 Å². The highest BCUT2D eigenvalue weighted by atomic mass is 32.2. The Morgan fingerprint density at radius 2 is 2.00 bits per heavy atom. The number of amides is 1. The van der Waals surface area contributed by atoms with E-state index in [4.69, 9.17) is 0 Å². The topological polar surface area (TPSA) is 78.5 Å². The molecule has 134 valence electrons. The normalized spacial score (nSPS) is 18.7. The van der Waals surface area contributed by atoms with Crippen LogP contribution in [-0.2, 0) is 21.2 Å². The monoisotopic (exact) mass is 353 g/mol. The Morgan fingerprint density at radius 3 is 2.62 bits per heavy atom. The summed E-state index contributed by atoms with van der Waals surface area (Å²) < 4.78 is 25.6. The number of likely N-dealkylation sites (N-methyl/N-ethyl adjacent to an activating group) is 1. The van der Waals surface area contributed by atoms with E-state index in [1.807, 2.05) is 0 Å². The van der Waals surface area contributed by atoms with Gasteiger partial charge in [0.05, 0.1) is 4.90 Å². The van der Waals surface area contributed by atoms with Crippen LogP contribution in [-0.4, -0.2) is 51.9 Å². The van der Waals surface area contributed by atoms with Gasteiger partial charge in [-0.25, -0.2) is 13.1 Å². The van der Waals surface area contributed by atoms with Crippen LogP contribution in [0.3, 0.4) is 0 Å². The Morgan fingerprint density at radius 1 is 1.29 bits per heavy atom. The molecule has 2 N–H and O–H groups in total. The molecule has 1 saturated heterocycles. The fourth-order valence-corrected chi connectivity index (χ4v) is 3.80. The van der Waals surface area contributed by atoms with E-state index in [-0.39, 0.29) is 10.8 Å². The number of carbonyl (C=O) groups excluding carboxylic acids is 1. The fourth-order valence-electron chi connectivity index (χ4n) is 3.07. The van der Waals surface area contributed by atoms with Crippen LogP contribution in [0.15, 0.2) is 29.2 Å². The van der Waals surface area contributed by atoms with E-state index >= 15 is 0 Å². The van der Waals surface area contributed by atoms with Gasteiger partial charge in [-0.2, -0.15) is 0 Å². The molecule has 1 atom stereocenters. The fraction of sp³-hybridized carbons (Fsp3) is 0.588. The smallest absolute Gasteiger partial charge is 0.240 e. The highest BCUT2D eigenvalue weighted by Gasteiger charge is 2.22. The zero-order valence-electron chi connectivity index (χ0n) is 14.4. The molecule has 0 spiro atoms. The van der Waals surface area contributed by atoms with Gasteiger partial charge in [0.25, 0.3) is 0 Å². The average molecular weight is 353 g/mol. The van der Waals surface area contributed by atoms with Crippen LogP contribution >= 0.6 is 0 Å². The van der Waals surface area contributed by atoms with Crippen LogP contribution < -0.4 is 10.0 Å². The summed E-state index contributed by atoms with van der Waals surface area (Å²) in [6.07, 6.45) is 3.37. The molecule has 1 aromatic rings. The molecular weight excluding hydrogens is 326 g/mol. The largest absolute Gasteiger partial charge is 0.355 e. The van der Waals surface area contributed by atoms with E-state index in [1.54, 1.807) is 24.3 Å². The number of likely N-dealkylation sites (tertiary alicyclic amines) is 1. The second kappa shape index (κ2) is 8.60. The first-order valence-corrected chi connectivity index (χ1v) is 9.98. The average Bonchev–Trinajstić information content (AvgIpc) is 3.06. The van der Waals surface area contributed by atoms with Gasteiger partial charge in [-0.15, -0.1) is 0 Å². The highest BCUT2D eigenvalue weighted by molar-refractivity contribution is 7.89. The van der Waals surface area contributed by atoms with Crippen molar-refractivity contribution in [2.24, 2.45) is 0 Å². The molecule has 1 fully saturated rings. The van der Waals surface area contributed by atoms with Gasteiger partial charge in [-0.1, -0.05) is 19.1 Å². The van der Waals surface area contributed by atoms with Crippen molar-refractivity contribution in [2.45, 2.75) is 43.5 Å². The summed E-state index contributed by atoms with van der Waals surface area (Å²) in [5.74, 6) is 0.0462. The Hall–Kier alpha value is -1.44. The molecule has 1 aliphatic rings. The van der Waals surface area contributed by atoms with E-state index in [1.165, 1.54) is 13.5 Å². The summed E-state index contributed by atoms with van der Waals surface area (Å²) in [7, 11) is -2.02. The zero-order valence-corrected chi connectivity index (χ0v) is 15.2. The quantitative estimate of drug-likeness (QED) is 0.734. The molecule has 7 heteroatoms. The molecule has 1 aromatic carbocycles. The van der Waals surface area contributed by atoms with Gasteiger partial charge < -0.3 is 5.32 Å². The highest BCUT2D eigenvalue weighted by Crippen LogP contribution is 2.15. The molecule has 1 unspecified atom stereocenters. The molecule has 0 bridgehead atoms. The summed E-state index contributed by atoms with van der Waals surface area (Å²) in [4.78, 5) is 14.6. The predicted octanol–water partition coefficient (Wildman–Crippen LogP) is 1.13. The number of nitrogens with one attached hydrogen (secondary N) is 2. The Bertz CT molecular complexity index is 644. The van der Waals surface area contributed by atoms with Gasteiger partial charge >= 0.3 is 0 Å². The molecule has 2 rings (SSSR count). The van der Waals surface area contributed by atoms with Crippen molar-refractivity contribution in [1.29, 1.82) is 0 Å². The lowest BCUT2D eigenvalue weighted by molar-refractivity contribution is -0.121. The first-order chi connectivity index (χ1) is 11.5. The molecule has 1 aliphatic heterocycles. The molecule has 0 radical (unpaired) electrons. The second-order valence-electron chi connectivity index (χ2n) is 6.08. The Kier molecular flexibility index (Phi) is 6.77. The summed E-state index contributed by atoms with van der Waals surface area (Å²) in [5.41, 5.74) is 0.955. The number of hydrogen-bond acceptors (Lipinski definition) is 4. The third kappa shape index (κ3) is 5.03. The summed E-state index contributed by atoms with van der Waals surface area (Å²) in [6, 6.07) is 7.11. The minimum absolute atomic E-state index is 0.0462. The van der Waals surface area contributed by atoms with Gasteiger partial charge in [-0.3, -0.25) is 9.69 Å². The number of sulfonamides is 1. The van der Waals surface area contributed by atoms with Gasteiger partial charge in [0.1, 0.15) is 0 Å². The Balaban J connectivity index is 1.77. The molecular formula is C17H27N3O3S. The minimum atomic E-state index is -3.41. The van der Waals surface area contributed by atoms with Crippen molar-refractivity contribution in [1.82, 2.24) is 14.9 Å². The van der Waals surface area contributed by atoms with E-state index in [0.717, 1.165) is 25.1 Å². The van der Waals surface area contributed by atoms with Gasteiger partial charge in [0.15, 0.2) is 0 Å². The third-order valence-corrected chi connectivity index (χ3v) is 6.01. The third-order valence-electron chi connectivity index (χ3n) is 4.58. The van der Waals surface area contributed by atoms with Crippen molar-refractivity contribution < 1.29 is 13.2 Å². The van der Waals surface area contributed by atoms with Crippen molar-refractivity contribution in [3.8, 4) is 0 Å². The lowest BCUT2D eigenvalue weighted by Crippen LogP contribution is -2.40. The summed E-state index contributed by atoms with van der Waals surface area (Å²) in [6.45, 7) is 5.02. The van der Waals surface area contributed by atoms with Crippen molar-refractivity contribution in [3.63, 3.8) is 0 Å². The molecule has 24 heavy (non-hydrogen) atoms.